The summed E-state index contributed by atoms with van der Waals surface area (Å²) in [4.78, 5) is 17.9. The number of benzene rings is 1. The van der Waals surface area contributed by atoms with Crippen LogP contribution in [0.2, 0.25) is 0 Å². The van der Waals surface area contributed by atoms with Gasteiger partial charge in [0.05, 0.1) is 18.3 Å². The van der Waals surface area contributed by atoms with Crippen molar-refractivity contribution in [3.8, 4) is 5.75 Å². The average molecular weight is 339 g/mol. The lowest BCUT2D eigenvalue weighted by molar-refractivity contribution is -0.137. The van der Waals surface area contributed by atoms with Crippen LogP contribution in [0.15, 0.2) is 29.2 Å². The number of halogens is 3. The topological polar surface area (TPSA) is 58.4 Å². The van der Waals surface area contributed by atoms with E-state index in [0.29, 0.717) is 37.6 Å². The molecule has 0 bridgehead atoms. The van der Waals surface area contributed by atoms with E-state index in [-0.39, 0.29) is 0 Å². The van der Waals surface area contributed by atoms with Gasteiger partial charge in [-0.15, -0.1) is 0 Å². The molecule has 0 saturated carbocycles. The van der Waals surface area contributed by atoms with Gasteiger partial charge in [-0.25, -0.2) is 4.98 Å². The van der Waals surface area contributed by atoms with Crippen LogP contribution >= 0.6 is 0 Å². The summed E-state index contributed by atoms with van der Waals surface area (Å²) in [6.45, 7) is 3.29. The predicted octanol–water partition coefficient (Wildman–Crippen LogP) is 2.50. The molecule has 0 atom stereocenters. The van der Waals surface area contributed by atoms with Gasteiger partial charge >= 0.3 is 6.18 Å². The molecule has 0 amide bonds. The number of alkyl halides is 3. The Labute approximate surface area is 136 Å². The Hall–Kier alpha value is -2.35. The van der Waals surface area contributed by atoms with Gasteiger partial charge in [-0.1, -0.05) is 6.07 Å². The highest BCUT2D eigenvalue weighted by Crippen LogP contribution is 2.33. The van der Waals surface area contributed by atoms with Crippen molar-refractivity contribution in [1.29, 1.82) is 0 Å². The number of aromatic nitrogens is 2. The first-order valence-electron chi connectivity index (χ1n) is 7.48. The fourth-order valence-corrected chi connectivity index (χ4v) is 2.92. The third-order valence-corrected chi connectivity index (χ3v) is 4.11. The molecule has 1 aliphatic rings. The number of aromatic hydroxyl groups is 1. The molecule has 1 aromatic carbocycles. The van der Waals surface area contributed by atoms with Gasteiger partial charge in [0.1, 0.15) is 5.82 Å². The van der Waals surface area contributed by atoms with Gasteiger partial charge in [0, 0.05) is 19.6 Å². The largest absolute Gasteiger partial charge is 0.502 e. The predicted molar refractivity (Wildman–Crippen MR) is 80.2 cm³/mol. The fraction of sp³-hybridized carbons (Fsp3) is 0.375. The van der Waals surface area contributed by atoms with Crippen LogP contribution in [-0.4, -0.2) is 19.6 Å². The molecule has 8 heteroatoms. The van der Waals surface area contributed by atoms with E-state index in [4.69, 9.17) is 0 Å². The van der Waals surface area contributed by atoms with E-state index in [1.165, 1.54) is 16.7 Å². The fourth-order valence-electron chi connectivity index (χ4n) is 2.92. The van der Waals surface area contributed by atoms with E-state index >= 15 is 0 Å². The van der Waals surface area contributed by atoms with Crippen molar-refractivity contribution in [3.63, 3.8) is 0 Å². The maximum atomic E-state index is 12.8. The van der Waals surface area contributed by atoms with Crippen molar-refractivity contribution in [3.05, 3.63) is 57.3 Å². The molecule has 1 aliphatic heterocycles. The van der Waals surface area contributed by atoms with E-state index < -0.39 is 23.0 Å². The molecule has 5 nitrogen and oxygen atoms in total. The van der Waals surface area contributed by atoms with Crippen LogP contribution in [0.3, 0.4) is 0 Å². The molecule has 1 N–H and O–H groups in total. The Bertz CT molecular complexity index is 830. The van der Waals surface area contributed by atoms with Gasteiger partial charge in [0.2, 0.25) is 0 Å². The van der Waals surface area contributed by atoms with Crippen LogP contribution < -0.4 is 5.56 Å². The van der Waals surface area contributed by atoms with Gasteiger partial charge in [-0.05, 0) is 30.2 Å². The minimum atomic E-state index is -4.36. The molecule has 0 fully saturated rings. The second-order valence-electron chi connectivity index (χ2n) is 5.74. The lowest BCUT2D eigenvalue weighted by atomic mass is 10.1. The Balaban J connectivity index is 1.82. The number of hydrogen-bond donors (Lipinski definition) is 1. The Morgan fingerprint density at radius 1 is 1.25 bits per heavy atom. The zero-order chi connectivity index (χ0) is 17.5. The monoisotopic (exact) mass is 339 g/mol. The van der Waals surface area contributed by atoms with Gasteiger partial charge in [0.25, 0.3) is 5.56 Å². The summed E-state index contributed by atoms with van der Waals surface area (Å²) in [7, 11) is 0. The first kappa shape index (κ1) is 16.5. The zero-order valence-electron chi connectivity index (χ0n) is 13.0. The molecule has 0 aliphatic carbocycles. The summed E-state index contributed by atoms with van der Waals surface area (Å²) in [5.74, 6) is 0.0595. The summed E-state index contributed by atoms with van der Waals surface area (Å²) in [6.07, 6.45) is -3.25. The maximum Gasteiger partial charge on any atom is 0.416 e. The molecular formula is C16H16F3N3O2. The molecule has 0 radical (unpaired) electrons. The smallest absolute Gasteiger partial charge is 0.416 e. The quantitative estimate of drug-likeness (QED) is 0.933. The first-order chi connectivity index (χ1) is 11.3. The van der Waals surface area contributed by atoms with Crippen LogP contribution in [0.5, 0.6) is 5.75 Å². The number of nitrogens with zero attached hydrogens (tertiary/aromatic N) is 3. The van der Waals surface area contributed by atoms with Crippen molar-refractivity contribution in [2.24, 2.45) is 0 Å². The van der Waals surface area contributed by atoms with Crippen molar-refractivity contribution in [1.82, 2.24) is 14.5 Å². The van der Waals surface area contributed by atoms with Crippen LogP contribution in [0, 0.1) is 0 Å². The Morgan fingerprint density at radius 2 is 1.96 bits per heavy atom. The molecule has 0 saturated heterocycles. The Morgan fingerprint density at radius 3 is 2.62 bits per heavy atom. The van der Waals surface area contributed by atoms with Gasteiger partial charge in [-0.2, -0.15) is 13.2 Å². The highest BCUT2D eigenvalue weighted by Gasteiger charge is 2.32. The molecule has 0 unspecified atom stereocenters. The third-order valence-electron chi connectivity index (χ3n) is 4.11. The van der Waals surface area contributed by atoms with Crippen LogP contribution in [0.25, 0.3) is 0 Å². The summed E-state index contributed by atoms with van der Waals surface area (Å²) in [6, 6.07) is 3.75. The van der Waals surface area contributed by atoms with Crippen molar-refractivity contribution < 1.29 is 18.3 Å². The number of rotatable bonds is 3. The van der Waals surface area contributed by atoms with Crippen molar-refractivity contribution in [2.45, 2.75) is 39.3 Å². The molecule has 2 heterocycles. The highest BCUT2D eigenvalue weighted by atomic mass is 19.4. The molecule has 3 rings (SSSR count). The van der Waals surface area contributed by atoms with Crippen LogP contribution in [0.4, 0.5) is 13.2 Å². The van der Waals surface area contributed by atoms with E-state index in [0.717, 1.165) is 17.8 Å². The third kappa shape index (κ3) is 3.01. The SMILES string of the molecule is CCn1c(CN2Cc3ccc(C(F)(F)F)cc3C2)ncc(O)c1=O. The van der Waals surface area contributed by atoms with Gasteiger partial charge < -0.3 is 5.11 Å². The van der Waals surface area contributed by atoms with E-state index in [2.05, 4.69) is 4.98 Å². The van der Waals surface area contributed by atoms with Crippen molar-refractivity contribution >= 4 is 0 Å². The molecule has 1 aromatic heterocycles. The van der Waals surface area contributed by atoms with Gasteiger partial charge in [0.15, 0.2) is 5.75 Å². The number of hydrogen-bond acceptors (Lipinski definition) is 4. The minimum Gasteiger partial charge on any atom is -0.502 e. The normalized spacial score (nSPS) is 14.8. The standard InChI is InChI=1S/C16H16F3N3O2/c1-2-22-14(20-6-13(23)15(22)24)9-21-7-10-3-4-12(16(17,18)19)5-11(10)8-21/h3-6,23H,2,7-9H2,1H3. The summed E-state index contributed by atoms with van der Waals surface area (Å²) < 4.78 is 39.7. The van der Waals surface area contributed by atoms with Crippen LogP contribution in [0.1, 0.15) is 29.4 Å². The summed E-state index contributed by atoms with van der Waals surface area (Å²) in [5, 5.41) is 9.45. The molecule has 2 aromatic rings. The second kappa shape index (κ2) is 5.94. The molecular weight excluding hydrogens is 323 g/mol. The lowest BCUT2D eigenvalue weighted by Crippen LogP contribution is -2.28. The summed E-state index contributed by atoms with van der Waals surface area (Å²) >= 11 is 0. The molecule has 24 heavy (non-hydrogen) atoms. The zero-order valence-corrected chi connectivity index (χ0v) is 13.0. The van der Waals surface area contributed by atoms with Crippen LogP contribution in [-0.2, 0) is 32.4 Å². The van der Waals surface area contributed by atoms with Gasteiger partial charge in [-0.3, -0.25) is 14.3 Å². The van der Waals surface area contributed by atoms with Crippen molar-refractivity contribution in [2.75, 3.05) is 0 Å². The maximum absolute atomic E-state index is 12.8. The molecule has 0 spiro atoms. The van der Waals surface area contributed by atoms with E-state index in [1.54, 1.807) is 6.92 Å². The lowest BCUT2D eigenvalue weighted by Gasteiger charge is -2.17. The Kier molecular flexibility index (Phi) is 4.08. The summed E-state index contributed by atoms with van der Waals surface area (Å²) in [5.41, 5.74) is 0.302. The average Bonchev–Trinajstić information content (AvgIpc) is 2.92. The minimum absolute atomic E-state index is 0.319. The van der Waals surface area contributed by atoms with E-state index in [9.17, 15) is 23.1 Å². The first-order valence-corrected chi connectivity index (χ1v) is 7.48. The van der Waals surface area contributed by atoms with E-state index in [1.807, 2.05) is 4.90 Å². The number of fused-ring (bicyclic) bond motifs is 1. The second-order valence-corrected chi connectivity index (χ2v) is 5.74. The molecule has 128 valence electrons. The highest BCUT2D eigenvalue weighted by molar-refractivity contribution is 5.36.